The van der Waals surface area contributed by atoms with Gasteiger partial charge < -0.3 is 15.7 Å². The lowest BCUT2D eigenvalue weighted by atomic mass is 10.0. The molecule has 0 aliphatic rings. The van der Waals surface area contributed by atoms with Crippen LogP contribution in [0.5, 0.6) is 5.75 Å². The first kappa shape index (κ1) is 14.9. The van der Waals surface area contributed by atoms with Crippen molar-refractivity contribution in [1.29, 1.82) is 0 Å². The van der Waals surface area contributed by atoms with E-state index in [0.29, 0.717) is 21.9 Å². The molecule has 0 radical (unpaired) electrons. The first-order valence-electron chi connectivity index (χ1n) is 6.10. The number of nitrogens with two attached hydrogens (primary N) is 1. The molecule has 0 heterocycles. The van der Waals surface area contributed by atoms with Crippen molar-refractivity contribution in [1.82, 2.24) is 0 Å². The van der Waals surface area contributed by atoms with Crippen LogP contribution < -0.4 is 10.5 Å². The molecule has 108 valence electrons. The summed E-state index contributed by atoms with van der Waals surface area (Å²) in [5, 5.41) is 12.4. The van der Waals surface area contributed by atoms with E-state index in [0.717, 1.165) is 0 Å². The molecule has 0 aromatic heterocycles. The largest absolute Gasteiger partial charge is 0.489 e. The van der Waals surface area contributed by atoms with Crippen LogP contribution in [0.1, 0.15) is 11.1 Å². The Morgan fingerprint density at radius 1 is 1.24 bits per heavy atom. The zero-order valence-electron chi connectivity index (χ0n) is 11.0. The van der Waals surface area contributed by atoms with Gasteiger partial charge >= 0.3 is 0 Å². The van der Waals surface area contributed by atoms with E-state index >= 15 is 0 Å². The van der Waals surface area contributed by atoms with E-state index in [4.69, 9.17) is 27.3 Å². The van der Waals surface area contributed by atoms with Crippen molar-refractivity contribution in [2.75, 3.05) is 0 Å². The lowest BCUT2D eigenvalue weighted by Crippen LogP contribution is -2.25. The van der Waals surface area contributed by atoms with Crippen LogP contribution >= 0.6 is 11.6 Å². The first-order chi connectivity index (χ1) is 10.1. The Balaban J connectivity index is 2.23. The SMILES string of the molecule is NC(=O)/C(=N/O)c1ccccc1COc1cccc(Cl)c1. The summed E-state index contributed by atoms with van der Waals surface area (Å²) in [7, 11) is 0. The van der Waals surface area contributed by atoms with Crippen LogP contribution in [-0.4, -0.2) is 16.8 Å². The summed E-state index contributed by atoms with van der Waals surface area (Å²) in [5.41, 5.74) is 6.08. The minimum Gasteiger partial charge on any atom is -0.489 e. The van der Waals surface area contributed by atoms with E-state index in [1.807, 2.05) is 0 Å². The third-order valence-corrected chi connectivity index (χ3v) is 3.03. The van der Waals surface area contributed by atoms with Crippen LogP contribution in [0.15, 0.2) is 53.7 Å². The number of amides is 1. The van der Waals surface area contributed by atoms with Gasteiger partial charge in [-0.25, -0.2) is 0 Å². The first-order valence-corrected chi connectivity index (χ1v) is 6.48. The number of oxime groups is 1. The third kappa shape index (κ3) is 3.73. The Bertz CT molecular complexity index is 686. The Hall–Kier alpha value is -2.53. The number of ether oxygens (including phenoxy) is 1. The number of hydrogen-bond acceptors (Lipinski definition) is 4. The van der Waals surface area contributed by atoms with Crippen LogP contribution in [0.25, 0.3) is 0 Å². The Kier molecular flexibility index (Phi) is 4.79. The number of rotatable bonds is 5. The second-order valence-corrected chi connectivity index (χ2v) is 4.65. The lowest BCUT2D eigenvalue weighted by molar-refractivity contribution is -0.112. The molecule has 0 bridgehead atoms. The van der Waals surface area contributed by atoms with Crippen molar-refractivity contribution >= 4 is 23.2 Å². The summed E-state index contributed by atoms with van der Waals surface area (Å²) in [4.78, 5) is 11.3. The molecule has 0 unspecified atom stereocenters. The van der Waals surface area contributed by atoms with Crippen LogP contribution in [0.3, 0.4) is 0 Å². The van der Waals surface area contributed by atoms with E-state index in [1.165, 1.54) is 0 Å². The summed E-state index contributed by atoms with van der Waals surface area (Å²) < 4.78 is 5.61. The third-order valence-electron chi connectivity index (χ3n) is 2.80. The van der Waals surface area contributed by atoms with Gasteiger partial charge in [-0.05, 0) is 23.8 Å². The topological polar surface area (TPSA) is 84.9 Å². The number of primary amides is 1. The molecule has 5 nitrogen and oxygen atoms in total. The molecular weight excluding hydrogens is 292 g/mol. The highest BCUT2D eigenvalue weighted by atomic mass is 35.5. The number of halogens is 1. The fourth-order valence-electron chi connectivity index (χ4n) is 1.83. The maximum absolute atomic E-state index is 11.3. The number of nitrogens with zero attached hydrogens (tertiary/aromatic N) is 1. The molecule has 3 N–H and O–H groups in total. The molecule has 0 aliphatic carbocycles. The Morgan fingerprint density at radius 2 is 2.00 bits per heavy atom. The molecule has 0 aliphatic heterocycles. The van der Waals surface area contributed by atoms with E-state index < -0.39 is 5.91 Å². The molecule has 2 aromatic rings. The van der Waals surface area contributed by atoms with E-state index in [-0.39, 0.29) is 12.3 Å². The smallest absolute Gasteiger partial charge is 0.271 e. The molecule has 2 aromatic carbocycles. The standard InChI is InChI=1S/C15H13ClN2O3/c16-11-5-3-6-12(8-11)21-9-10-4-1-2-7-13(10)14(18-20)15(17)19/h1-8,20H,9H2,(H2,17,19)/b18-14+. The van der Waals surface area contributed by atoms with Crippen molar-refractivity contribution < 1.29 is 14.7 Å². The summed E-state index contributed by atoms with van der Waals surface area (Å²) in [6.07, 6.45) is 0. The minimum absolute atomic E-state index is 0.183. The van der Waals surface area contributed by atoms with Gasteiger partial charge in [0.25, 0.3) is 5.91 Å². The molecule has 21 heavy (non-hydrogen) atoms. The highest BCUT2D eigenvalue weighted by Crippen LogP contribution is 2.19. The molecule has 0 fully saturated rings. The van der Waals surface area contributed by atoms with Gasteiger partial charge in [0.05, 0.1) is 0 Å². The zero-order valence-corrected chi connectivity index (χ0v) is 11.7. The Labute approximate surface area is 126 Å². The van der Waals surface area contributed by atoms with Crippen molar-refractivity contribution in [2.45, 2.75) is 6.61 Å². The van der Waals surface area contributed by atoms with Gasteiger partial charge in [0, 0.05) is 10.6 Å². The van der Waals surface area contributed by atoms with Crippen molar-refractivity contribution in [2.24, 2.45) is 10.9 Å². The van der Waals surface area contributed by atoms with Crippen molar-refractivity contribution in [3.8, 4) is 5.75 Å². The molecule has 6 heteroatoms. The molecule has 0 saturated heterocycles. The predicted octanol–water partition coefficient (Wildman–Crippen LogP) is 2.58. The highest BCUT2D eigenvalue weighted by Gasteiger charge is 2.15. The lowest BCUT2D eigenvalue weighted by Gasteiger charge is -2.10. The van der Waals surface area contributed by atoms with Crippen LogP contribution in [0, 0.1) is 0 Å². The molecule has 0 saturated carbocycles. The number of carbonyl (C=O) groups is 1. The number of hydrogen-bond donors (Lipinski definition) is 2. The van der Waals surface area contributed by atoms with Gasteiger partial charge in [-0.1, -0.05) is 47.1 Å². The Morgan fingerprint density at radius 3 is 2.67 bits per heavy atom. The van der Waals surface area contributed by atoms with Crippen molar-refractivity contribution in [3.05, 3.63) is 64.7 Å². The molecule has 0 spiro atoms. The van der Waals surface area contributed by atoms with E-state index in [2.05, 4.69) is 5.16 Å². The fraction of sp³-hybridized carbons (Fsp3) is 0.0667. The second kappa shape index (κ2) is 6.76. The predicted molar refractivity (Wildman–Crippen MR) is 79.7 cm³/mol. The highest BCUT2D eigenvalue weighted by molar-refractivity contribution is 6.45. The van der Waals surface area contributed by atoms with Gasteiger partial charge in [0.2, 0.25) is 0 Å². The zero-order chi connectivity index (χ0) is 15.2. The minimum atomic E-state index is -0.812. The van der Waals surface area contributed by atoms with Crippen LogP contribution in [0.4, 0.5) is 0 Å². The van der Waals surface area contributed by atoms with Gasteiger partial charge in [-0.15, -0.1) is 0 Å². The maximum Gasteiger partial charge on any atom is 0.271 e. The monoisotopic (exact) mass is 304 g/mol. The number of carbonyl (C=O) groups excluding carboxylic acids is 1. The summed E-state index contributed by atoms with van der Waals surface area (Å²) in [5.74, 6) is -0.216. The molecular formula is C15H13ClN2O3. The quantitative estimate of drug-likeness (QED) is 0.506. The molecule has 1 amide bonds. The van der Waals surface area contributed by atoms with Gasteiger partial charge in [0.1, 0.15) is 12.4 Å². The van der Waals surface area contributed by atoms with Crippen molar-refractivity contribution in [3.63, 3.8) is 0 Å². The van der Waals surface area contributed by atoms with Gasteiger partial charge in [-0.3, -0.25) is 4.79 Å². The summed E-state index contributed by atoms with van der Waals surface area (Å²) in [6.45, 7) is 0.183. The van der Waals surface area contributed by atoms with Crippen LogP contribution in [-0.2, 0) is 11.4 Å². The molecule has 0 atom stereocenters. The van der Waals surface area contributed by atoms with Gasteiger partial charge in [0.15, 0.2) is 5.71 Å². The number of benzene rings is 2. The van der Waals surface area contributed by atoms with E-state index in [9.17, 15) is 4.79 Å². The normalized spacial score (nSPS) is 11.2. The van der Waals surface area contributed by atoms with Gasteiger partial charge in [-0.2, -0.15) is 0 Å². The summed E-state index contributed by atoms with van der Waals surface area (Å²) in [6, 6.07) is 13.9. The summed E-state index contributed by atoms with van der Waals surface area (Å²) >= 11 is 5.88. The van der Waals surface area contributed by atoms with Crippen LogP contribution in [0.2, 0.25) is 5.02 Å². The molecule has 2 rings (SSSR count). The maximum atomic E-state index is 11.3. The average molecular weight is 305 g/mol. The average Bonchev–Trinajstić information content (AvgIpc) is 2.47. The fourth-order valence-corrected chi connectivity index (χ4v) is 2.01. The second-order valence-electron chi connectivity index (χ2n) is 4.22. The van der Waals surface area contributed by atoms with E-state index in [1.54, 1.807) is 48.5 Å².